The lowest BCUT2D eigenvalue weighted by molar-refractivity contribution is 0.166. The Morgan fingerprint density at radius 1 is 1.08 bits per heavy atom. The summed E-state index contributed by atoms with van der Waals surface area (Å²) in [5.74, 6) is 0. The molecule has 0 bridgehead atoms. The van der Waals surface area contributed by atoms with E-state index in [0.717, 1.165) is 23.4 Å². The van der Waals surface area contributed by atoms with Crippen LogP contribution >= 0.6 is 0 Å². The summed E-state index contributed by atoms with van der Waals surface area (Å²) in [7, 11) is 0. The molecule has 0 fully saturated rings. The van der Waals surface area contributed by atoms with E-state index in [2.05, 4.69) is 39.3 Å². The lowest BCUT2D eigenvalue weighted by Crippen LogP contribution is -2.47. The summed E-state index contributed by atoms with van der Waals surface area (Å²) in [6, 6.07) is 18.0. The molecule has 0 spiro atoms. The van der Waals surface area contributed by atoms with Gasteiger partial charge >= 0.3 is 6.03 Å². The van der Waals surface area contributed by atoms with E-state index < -0.39 is 0 Å². The standard InChI is InChI=1S/C21H22N4O/c1-16(17-9-11-22-12-10-17)23-21(26)25-15-14-24-13-5-8-19(24)20(25)18-6-3-2-4-7-18/h2-13,16,20H,14-15H2,1H3,(H,23,26)/t16-,20-/m0/s1. The average molecular weight is 346 g/mol. The zero-order valence-corrected chi connectivity index (χ0v) is 14.7. The van der Waals surface area contributed by atoms with Crippen molar-refractivity contribution in [1.29, 1.82) is 0 Å². The third-order valence-electron chi connectivity index (χ3n) is 4.96. The molecule has 2 aromatic heterocycles. The summed E-state index contributed by atoms with van der Waals surface area (Å²) < 4.78 is 2.23. The molecule has 0 saturated carbocycles. The molecule has 2 amide bonds. The van der Waals surface area contributed by atoms with Gasteiger partial charge in [0.25, 0.3) is 0 Å². The monoisotopic (exact) mass is 346 g/mol. The predicted molar refractivity (Wildman–Crippen MR) is 101 cm³/mol. The number of rotatable bonds is 3. The third kappa shape index (κ3) is 3.08. The molecule has 26 heavy (non-hydrogen) atoms. The smallest absolute Gasteiger partial charge is 0.318 e. The van der Waals surface area contributed by atoms with Gasteiger partial charge in [0.2, 0.25) is 0 Å². The van der Waals surface area contributed by atoms with Crippen LogP contribution in [0, 0.1) is 0 Å². The number of pyridine rings is 1. The van der Waals surface area contributed by atoms with E-state index in [1.165, 1.54) is 0 Å². The molecule has 1 aromatic carbocycles. The Bertz CT molecular complexity index is 875. The Hall–Kier alpha value is -3.08. The molecule has 3 heterocycles. The number of aromatic nitrogens is 2. The van der Waals surface area contributed by atoms with Crippen molar-refractivity contribution in [3.05, 3.63) is 90.0 Å². The van der Waals surface area contributed by atoms with Crippen molar-refractivity contribution < 1.29 is 4.79 Å². The van der Waals surface area contributed by atoms with Gasteiger partial charge in [0.15, 0.2) is 0 Å². The second-order valence-corrected chi connectivity index (χ2v) is 6.58. The number of fused-ring (bicyclic) bond motifs is 1. The molecule has 4 rings (SSSR count). The van der Waals surface area contributed by atoms with Crippen molar-refractivity contribution in [3.8, 4) is 0 Å². The van der Waals surface area contributed by atoms with Crippen molar-refractivity contribution in [3.63, 3.8) is 0 Å². The van der Waals surface area contributed by atoms with Crippen molar-refractivity contribution in [2.45, 2.75) is 25.6 Å². The minimum Gasteiger partial charge on any atom is -0.348 e. The van der Waals surface area contributed by atoms with Crippen molar-refractivity contribution in [2.75, 3.05) is 6.54 Å². The number of urea groups is 1. The molecule has 132 valence electrons. The van der Waals surface area contributed by atoms with Crippen molar-refractivity contribution >= 4 is 6.03 Å². The lowest BCUT2D eigenvalue weighted by atomic mass is 10.0. The summed E-state index contributed by atoms with van der Waals surface area (Å²) in [6.07, 6.45) is 5.58. The summed E-state index contributed by atoms with van der Waals surface area (Å²) in [6.45, 7) is 3.48. The first-order valence-electron chi connectivity index (χ1n) is 8.91. The van der Waals surface area contributed by atoms with Crippen LogP contribution in [0.3, 0.4) is 0 Å². The van der Waals surface area contributed by atoms with Gasteiger partial charge in [-0.05, 0) is 42.3 Å². The van der Waals surface area contributed by atoms with Crippen LogP contribution in [0.1, 0.15) is 35.8 Å². The molecule has 1 aliphatic heterocycles. The highest BCUT2D eigenvalue weighted by atomic mass is 16.2. The number of hydrogen-bond acceptors (Lipinski definition) is 2. The highest BCUT2D eigenvalue weighted by molar-refractivity contribution is 5.76. The molecule has 0 unspecified atom stereocenters. The second-order valence-electron chi connectivity index (χ2n) is 6.58. The molecule has 2 atom stereocenters. The second kappa shape index (κ2) is 7.04. The Morgan fingerprint density at radius 2 is 1.85 bits per heavy atom. The van der Waals surface area contributed by atoms with E-state index in [1.807, 2.05) is 48.2 Å². The summed E-state index contributed by atoms with van der Waals surface area (Å²) >= 11 is 0. The SMILES string of the molecule is C[C@H](NC(=O)N1CCn2cccc2[C@@H]1c1ccccc1)c1ccncc1. The molecular weight excluding hydrogens is 324 g/mol. The molecule has 0 saturated heterocycles. The number of nitrogens with zero attached hydrogens (tertiary/aromatic N) is 3. The number of carbonyl (C=O) groups excluding carboxylic acids is 1. The van der Waals surface area contributed by atoms with Gasteiger partial charge in [-0.2, -0.15) is 0 Å². The molecule has 0 radical (unpaired) electrons. The normalized spacial score (nSPS) is 17.4. The van der Waals surface area contributed by atoms with E-state index in [0.29, 0.717) is 6.54 Å². The number of amides is 2. The minimum absolute atomic E-state index is 0.0457. The molecule has 3 aromatic rings. The van der Waals surface area contributed by atoms with E-state index in [9.17, 15) is 4.79 Å². The van der Waals surface area contributed by atoms with Crippen LogP contribution in [-0.4, -0.2) is 27.0 Å². The highest BCUT2D eigenvalue weighted by Crippen LogP contribution is 2.32. The van der Waals surface area contributed by atoms with E-state index in [-0.39, 0.29) is 18.1 Å². The Morgan fingerprint density at radius 3 is 2.62 bits per heavy atom. The minimum atomic E-state index is -0.0791. The fraction of sp³-hybridized carbons (Fsp3) is 0.238. The van der Waals surface area contributed by atoms with Crippen LogP contribution < -0.4 is 5.32 Å². The van der Waals surface area contributed by atoms with E-state index in [4.69, 9.17) is 0 Å². The number of hydrogen-bond donors (Lipinski definition) is 1. The van der Waals surface area contributed by atoms with E-state index >= 15 is 0 Å². The molecular formula is C21H22N4O. The first-order chi connectivity index (χ1) is 12.7. The van der Waals surface area contributed by atoms with Gasteiger partial charge in [-0.15, -0.1) is 0 Å². The first-order valence-corrected chi connectivity index (χ1v) is 8.91. The topological polar surface area (TPSA) is 50.2 Å². The summed E-state index contributed by atoms with van der Waals surface area (Å²) in [4.78, 5) is 19.1. The van der Waals surface area contributed by atoms with Crippen LogP contribution in [0.4, 0.5) is 4.79 Å². The van der Waals surface area contributed by atoms with Crippen LogP contribution in [0.25, 0.3) is 0 Å². The van der Waals surface area contributed by atoms with Gasteiger partial charge in [-0.3, -0.25) is 4.98 Å². The van der Waals surface area contributed by atoms with Gasteiger partial charge < -0.3 is 14.8 Å². The van der Waals surface area contributed by atoms with Crippen LogP contribution in [-0.2, 0) is 6.54 Å². The Kier molecular flexibility index (Phi) is 4.44. The van der Waals surface area contributed by atoms with Gasteiger partial charge in [-0.25, -0.2) is 4.79 Å². The zero-order valence-electron chi connectivity index (χ0n) is 14.7. The maximum absolute atomic E-state index is 13.1. The maximum Gasteiger partial charge on any atom is 0.318 e. The van der Waals surface area contributed by atoms with Gasteiger partial charge in [0.1, 0.15) is 0 Å². The Balaban J connectivity index is 1.61. The number of nitrogens with one attached hydrogen (secondary N) is 1. The maximum atomic E-state index is 13.1. The molecule has 1 N–H and O–H groups in total. The van der Waals surface area contributed by atoms with E-state index in [1.54, 1.807) is 12.4 Å². The van der Waals surface area contributed by atoms with Crippen LogP contribution in [0.2, 0.25) is 0 Å². The van der Waals surface area contributed by atoms with Crippen LogP contribution in [0.5, 0.6) is 0 Å². The Labute approximate surface area is 153 Å². The molecule has 1 aliphatic rings. The number of carbonyl (C=O) groups is 1. The molecule has 5 nitrogen and oxygen atoms in total. The fourth-order valence-electron chi connectivity index (χ4n) is 3.59. The van der Waals surface area contributed by atoms with Gasteiger partial charge in [0.05, 0.1) is 12.1 Å². The van der Waals surface area contributed by atoms with Crippen molar-refractivity contribution in [2.24, 2.45) is 0 Å². The third-order valence-corrected chi connectivity index (χ3v) is 4.96. The fourth-order valence-corrected chi connectivity index (χ4v) is 3.59. The van der Waals surface area contributed by atoms with Gasteiger partial charge in [-0.1, -0.05) is 30.3 Å². The van der Waals surface area contributed by atoms with Gasteiger partial charge in [0, 0.05) is 37.4 Å². The first kappa shape index (κ1) is 16.4. The predicted octanol–water partition coefficient (Wildman–Crippen LogP) is 3.76. The quantitative estimate of drug-likeness (QED) is 0.785. The molecule has 0 aliphatic carbocycles. The largest absolute Gasteiger partial charge is 0.348 e. The van der Waals surface area contributed by atoms with Crippen LogP contribution in [0.15, 0.2) is 73.2 Å². The zero-order chi connectivity index (χ0) is 17.9. The summed E-state index contributed by atoms with van der Waals surface area (Å²) in [5, 5.41) is 3.14. The molecule has 5 heteroatoms. The average Bonchev–Trinajstić information content (AvgIpc) is 3.17. The summed E-state index contributed by atoms with van der Waals surface area (Å²) in [5.41, 5.74) is 3.32. The highest BCUT2D eigenvalue weighted by Gasteiger charge is 2.32. The van der Waals surface area contributed by atoms with Crippen molar-refractivity contribution in [1.82, 2.24) is 19.8 Å². The number of benzene rings is 1. The lowest BCUT2D eigenvalue weighted by Gasteiger charge is -2.38.